The van der Waals surface area contributed by atoms with Crippen molar-refractivity contribution in [1.29, 1.82) is 0 Å². The number of hydroxylamine groups is 4. The molecule has 0 aromatic rings. The summed E-state index contributed by atoms with van der Waals surface area (Å²) in [5, 5.41) is 2.82. The molecule has 1 rings (SSSR count). The molecule has 1 saturated heterocycles. The van der Waals surface area contributed by atoms with Crippen molar-refractivity contribution in [1.82, 2.24) is 10.1 Å². The lowest BCUT2D eigenvalue weighted by Crippen LogP contribution is -2.46. The first-order valence-electron chi connectivity index (χ1n) is 5.73. The van der Waals surface area contributed by atoms with E-state index in [1.165, 1.54) is 0 Å². The van der Waals surface area contributed by atoms with E-state index in [4.69, 9.17) is 4.84 Å². The molecule has 0 radical (unpaired) electrons. The van der Waals surface area contributed by atoms with E-state index in [1.54, 1.807) is 12.2 Å². The highest BCUT2D eigenvalue weighted by Crippen LogP contribution is 2.21. The predicted molar refractivity (Wildman–Crippen MR) is 56.1 cm³/mol. The number of piperidine rings is 1. The van der Waals surface area contributed by atoms with Crippen LogP contribution in [-0.4, -0.2) is 55.1 Å². The van der Waals surface area contributed by atoms with Crippen LogP contribution in [0.1, 0.15) is 19.8 Å². The molecular formula is C10H17F3N2O3. The van der Waals surface area contributed by atoms with Crippen molar-refractivity contribution >= 4 is 5.97 Å². The number of nitrogens with zero attached hydrogens (tertiary/aromatic N) is 2. The Bertz CT molecular complexity index is 274. The Morgan fingerprint density at radius 1 is 1.39 bits per heavy atom. The highest BCUT2D eigenvalue weighted by Gasteiger charge is 2.43. The van der Waals surface area contributed by atoms with Gasteiger partial charge in [-0.2, -0.15) is 18.2 Å². The number of rotatable bonds is 4. The topological polar surface area (TPSA) is 42.0 Å². The van der Waals surface area contributed by atoms with Crippen LogP contribution in [0.3, 0.4) is 0 Å². The maximum absolute atomic E-state index is 12.0. The highest BCUT2D eigenvalue weighted by molar-refractivity contribution is 5.75. The molecule has 8 heteroatoms. The lowest BCUT2D eigenvalue weighted by atomic mass is 10.1. The van der Waals surface area contributed by atoms with Crippen molar-refractivity contribution in [2.24, 2.45) is 0 Å². The molecule has 0 aliphatic carbocycles. The largest absolute Gasteiger partial charge is 0.492 e. The van der Waals surface area contributed by atoms with Gasteiger partial charge in [-0.05, 0) is 12.8 Å². The van der Waals surface area contributed by atoms with Gasteiger partial charge in [-0.15, -0.1) is 5.06 Å². The van der Waals surface area contributed by atoms with Gasteiger partial charge in [0.1, 0.15) is 0 Å². The van der Waals surface area contributed by atoms with E-state index in [-0.39, 0.29) is 19.1 Å². The van der Waals surface area contributed by atoms with Crippen LogP contribution in [0.15, 0.2) is 0 Å². The smallest absolute Gasteiger partial charge is 0.361 e. The van der Waals surface area contributed by atoms with Crippen LogP contribution in [-0.2, 0) is 14.5 Å². The molecule has 0 unspecified atom stereocenters. The maximum Gasteiger partial charge on any atom is 0.492 e. The van der Waals surface area contributed by atoms with Crippen molar-refractivity contribution in [3.8, 4) is 0 Å². The van der Waals surface area contributed by atoms with E-state index in [0.717, 1.165) is 5.06 Å². The van der Waals surface area contributed by atoms with Crippen LogP contribution in [0.4, 0.5) is 13.2 Å². The minimum atomic E-state index is -4.95. The van der Waals surface area contributed by atoms with Crippen LogP contribution < -0.4 is 0 Å². The van der Waals surface area contributed by atoms with E-state index in [1.807, 2.05) is 6.92 Å². The van der Waals surface area contributed by atoms with Crippen LogP contribution in [0.5, 0.6) is 0 Å². The lowest BCUT2D eigenvalue weighted by Gasteiger charge is -2.35. The summed E-state index contributed by atoms with van der Waals surface area (Å²) >= 11 is 0. The molecule has 0 spiro atoms. The van der Waals surface area contributed by atoms with Gasteiger partial charge in [0, 0.05) is 25.7 Å². The van der Waals surface area contributed by atoms with Crippen molar-refractivity contribution in [2.45, 2.75) is 32.0 Å². The molecular weight excluding hydrogens is 253 g/mol. The van der Waals surface area contributed by atoms with Gasteiger partial charge in [-0.1, -0.05) is 6.92 Å². The van der Waals surface area contributed by atoms with E-state index < -0.39 is 12.1 Å². The van der Waals surface area contributed by atoms with Crippen LogP contribution in [0.25, 0.3) is 0 Å². The molecule has 0 saturated carbocycles. The molecule has 5 nitrogen and oxygen atoms in total. The molecule has 0 bridgehead atoms. The number of carbonyl (C=O) groups is 1. The quantitative estimate of drug-likeness (QED) is 0.721. The van der Waals surface area contributed by atoms with Crippen molar-refractivity contribution in [3.05, 3.63) is 0 Å². The van der Waals surface area contributed by atoms with E-state index in [9.17, 15) is 18.0 Å². The minimum absolute atomic E-state index is 0.140. The second kappa shape index (κ2) is 6.35. The molecule has 0 amide bonds. The molecule has 0 atom stereocenters. The van der Waals surface area contributed by atoms with E-state index in [0.29, 0.717) is 19.4 Å². The molecule has 1 fully saturated rings. The summed E-state index contributed by atoms with van der Waals surface area (Å²) < 4.78 is 36.0. The SMILES string of the molecule is CCN(OC)C1CCN(OC(=O)C(F)(F)F)CC1. The summed E-state index contributed by atoms with van der Waals surface area (Å²) in [5.74, 6) is -2.17. The number of carbonyl (C=O) groups excluding carboxylic acids is 1. The molecule has 1 aliphatic rings. The zero-order valence-corrected chi connectivity index (χ0v) is 10.4. The van der Waals surface area contributed by atoms with Gasteiger partial charge in [0.15, 0.2) is 0 Å². The van der Waals surface area contributed by atoms with Crippen LogP contribution in [0.2, 0.25) is 0 Å². The van der Waals surface area contributed by atoms with Gasteiger partial charge >= 0.3 is 12.1 Å². The molecule has 1 heterocycles. The Hall–Kier alpha value is -0.860. The first kappa shape index (κ1) is 15.2. The normalized spacial score (nSPS) is 19.2. The second-order valence-electron chi connectivity index (χ2n) is 3.95. The number of alkyl halides is 3. The molecule has 106 valence electrons. The van der Waals surface area contributed by atoms with E-state index in [2.05, 4.69) is 4.84 Å². The zero-order valence-electron chi connectivity index (χ0n) is 10.4. The first-order chi connectivity index (χ1) is 8.38. The van der Waals surface area contributed by atoms with Gasteiger partial charge in [-0.25, -0.2) is 4.79 Å². The fourth-order valence-electron chi connectivity index (χ4n) is 1.93. The van der Waals surface area contributed by atoms with Gasteiger partial charge in [0.2, 0.25) is 0 Å². The predicted octanol–water partition coefficient (Wildman–Crippen LogP) is 1.35. The zero-order chi connectivity index (χ0) is 13.8. The fraction of sp³-hybridized carbons (Fsp3) is 0.900. The highest BCUT2D eigenvalue weighted by atomic mass is 19.4. The van der Waals surface area contributed by atoms with Crippen molar-refractivity contribution in [3.63, 3.8) is 0 Å². The number of hydrogen-bond acceptors (Lipinski definition) is 5. The average Bonchev–Trinajstić information content (AvgIpc) is 2.31. The molecule has 0 aromatic heterocycles. The van der Waals surface area contributed by atoms with Crippen molar-refractivity contribution in [2.75, 3.05) is 26.7 Å². The Morgan fingerprint density at radius 3 is 2.33 bits per heavy atom. The summed E-state index contributed by atoms with van der Waals surface area (Å²) in [6, 6.07) is 0.140. The number of hydrogen-bond donors (Lipinski definition) is 0. The number of halogens is 3. The standard InChI is InChI=1S/C10H17F3N2O3/c1-3-15(17-2)8-4-6-14(7-5-8)18-9(16)10(11,12)13/h8H,3-7H2,1-2H3. The Morgan fingerprint density at radius 2 is 1.94 bits per heavy atom. The Kier molecular flexibility index (Phi) is 5.36. The first-order valence-corrected chi connectivity index (χ1v) is 5.73. The fourth-order valence-corrected chi connectivity index (χ4v) is 1.93. The summed E-state index contributed by atoms with van der Waals surface area (Å²) in [4.78, 5) is 20.0. The van der Waals surface area contributed by atoms with Crippen molar-refractivity contribution < 1.29 is 27.6 Å². The Labute approximate surface area is 103 Å². The summed E-state index contributed by atoms with van der Waals surface area (Å²) in [7, 11) is 1.56. The average molecular weight is 270 g/mol. The molecule has 0 N–H and O–H groups in total. The third-order valence-electron chi connectivity index (χ3n) is 2.82. The minimum Gasteiger partial charge on any atom is -0.361 e. The summed E-state index contributed by atoms with van der Waals surface area (Å²) in [5.41, 5.74) is 0. The third kappa shape index (κ3) is 4.11. The molecule has 18 heavy (non-hydrogen) atoms. The van der Waals surface area contributed by atoms with Gasteiger partial charge in [-0.3, -0.25) is 0 Å². The van der Waals surface area contributed by atoms with Crippen LogP contribution >= 0.6 is 0 Å². The van der Waals surface area contributed by atoms with Crippen LogP contribution in [0, 0.1) is 0 Å². The lowest BCUT2D eigenvalue weighted by molar-refractivity contribution is -0.247. The second-order valence-corrected chi connectivity index (χ2v) is 3.95. The summed E-state index contributed by atoms with van der Waals surface area (Å²) in [6.45, 7) is 3.17. The molecule has 0 aromatic carbocycles. The Balaban J connectivity index is 2.38. The maximum atomic E-state index is 12.0. The van der Waals surface area contributed by atoms with Gasteiger partial charge < -0.3 is 9.68 Å². The monoisotopic (exact) mass is 270 g/mol. The third-order valence-corrected chi connectivity index (χ3v) is 2.82. The van der Waals surface area contributed by atoms with Gasteiger partial charge in [0.25, 0.3) is 0 Å². The van der Waals surface area contributed by atoms with E-state index >= 15 is 0 Å². The summed E-state index contributed by atoms with van der Waals surface area (Å²) in [6.07, 6.45) is -3.77. The molecule has 1 aliphatic heterocycles. The van der Waals surface area contributed by atoms with Gasteiger partial charge in [0.05, 0.1) is 7.11 Å².